The number of esters is 2. The molecule has 0 aliphatic heterocycles. The highest BCUT2D eigenvalue weighted by Gasteiger charge is 2.25. The highest BCUT2D eigenvalue weighted by atomic mass is 19.1. The Hall–Kier alpha value is -6.31. The van der Waals surface area contributed by atoms with Gasteiger partial charge >= 0.3 is 18.0 Å². The number of ether oxygens (including phenoxy) is 3. The van der Waals surface area contributed by atoms with Gasteiger partial charge in [-0.1, -0.05) is 30.3 Å². The van der Waals surface area contributed by atoms with E-state index in [9.17, 15) is 32.8 Å². The van der Waals surface area contributed by atoms with E-state index in [0.29, 0.717) is 11.3 Å². The number of benzene rings is 4. The average Bonchev–Trinajstić information content (AvgIpc) is 3.10. The third-order valence-corrected chi connectivity index (χ3v) is 7.25. The van der Waals surface area contributed by atoms with Gasteiger partial charge in [-0.05, 0) is 74.9 Å². The molecule has 0 saturated heterocycles. The first-order chi connectivity index (χ1) is 24.6. The maximum absolute atomic E-state index is 14.0. The van der Waals surface area contributed by atoms with Crippen LogP contribution in [0, 0.1) is 11.6 Å². The topological polar surface area (TPSA) is 144 Å². The molecule has 4 aromatic carbocycles. The minimum absolute atomic E-state index is 0.179. The number of likely N-dealkylation sites (N-methyl/N-ethyl adjacent to an activating group) is 1. The zero-order chi connectivity index (χ0) is 38.0. The lowest BCUT2D eigenvalue weighted by molar-refractivity contribution is -0.153. The number of anilines is 3. The van der Waals surface area contributed by atoms with Crippen LogP contribution in [0.5, 0.6) is 5.75 Å². The summed E-state index contributed by atoms with van der Waals surface area (Å²) < 4.78 is 43.8. The summed E-state index contributed by atoms with van der Waals surface area (Å²) in [6.45, 7) is 3.53. The van der Waals surface area contributed by atoms with Crippen LogP contribution in [0.2, 0.25) is 0 Å². The van der Waals surface area contributed by atoms with Gasteiger partial charge in [0.2, 0.25) is 5.91 Å². The predicted octanol–water partition coefficient (Wildman–Crippen LogP) is 5.96. The molecule has 0 aromatic heterocycles. The third kappa shape index (κ3) is 10.8. The molecule has 0 aliphatic rings. The largest absolute Gasteiger partial charge is 0.484 e. The zero-order valence-electron chi connectivity index (χ0n) is 29.2. The molecule has 0 unspecified atom stereocenters. The Kier molecular flexibility index (Phi) is 12.6. The number of nitrogens with one attached hydrogen (secondary N) is 2. The summed E-state index contributed by atoms with van der Waals surface area (Å²) in [6, 6.07) is 21.0. The number of carbonyl (C=O) groups excluding carboxylic acids is 5. The lowest BCUT2D eigenvalue weighted by Crippen LogP contribution is -2.45. The third-order valence-electron chi connectivity index (χ3n) is 7.25. The van der Waals surface area contributed by atoms with Crippen LogP contribution in [0.4, 0.5) is 30.6 Å². The smallest absolute Gasteiger partial charge is 0.337 e. The molecule has 0 spiro atoms. The Balaban J connectivity index is 1.47. The molecule has 52 heavy (non-hydrogen) atoms. The number of carbonyl (C=O) groups is 5. The number of methoxy groups -OCH3 is 1. The minimum atomic E-state index is -0.846. The summed E-state index contributed by atoms with van der Waals surface area (Å²) in [5.74, 6) is -3.83. The van der Waals surface area contributed by atoms with Crippen LogP contribution in [0.1, 0.15) is 31.1 Å². The van der Waals surface area contributed by atoms with E-state index in [4.69, 9.17) is 14.2 Å². The first kappa shape index (κ1) is 38.5. The second-order valence-electron chi connectivity index (χ2n) is 12.4. The van der Waals surface area contributed by atoms with E-state index < -0.39 is 66.7 Å². The van der Waals surface area contributed by atoms with Crippen molar-refractivity contribution in [3.63, 3.8) is 0 Å². The van der Waals surface area contributed by atoms with Crippen LogP contribution in [0.3, 0.4) is 0 Å². The van der Waals surface area contributed by atoms with Crippen molar-refractivity contribution in [1.82, 2.24) is 5.32 Å². The molecule has 14 heteroatoms. The van der Waals surface area contributed by atoms with Crippen molar-refractivity contribution >= 4 is 46.8 Å². The normalized spacial score (nSPS) is 10.8. The van der Waals surface area contributed by atoms with Crippen molar-refractivity contribution in [2.75, 3.05) is 49.0 Å². The number of urea groups is 1. The van der Waals surface area contributed by atoms with Crippen LogP contribution in [0.25, 0.3) is 11.1 Å². The Morgan fingerprint density at radius 1 is 0.808 bits per heavy atom. The van der Waals surface area contributed by atoms with E-state index in [2.05, 4.69) is 10.6 Å². The van der Waals surface area contributed by atoms with Crippen LogP contribution in [-0.2, 0) is 23.9 Å². The highest BCUT2D eigenvalue weighted by Crippen LogP contribution is 2.31. The molecule has 0 atom stereocenters. The number of amides is 4. The van der Waals surface area contributed by atoms with Crippen molar-refractivity contribution in [2.24, 2.45) is 0 Å². The second kappa shape index (κ2) is 17.1. The number of nitrogens with zero attached hydrogens (tertiary/aromatic N) is 2. The average molecular weight is 717 g/mol. The molecule has 2 N–H and O–H groups in total. The summed E-state index contributed by atoms with van der Waals surface area (Å²) in [6.07, 6.45) is 0. The molecule has 0 fully saturated rings. The molecule has 0 saturated carbocycles. The van der Waals surface area contributed by atoms with Crippen molar-refractivity contribution in [3.05, 3.63) is 108 Å². The maximum Gasteiger partial charge on any atom is 0.337 e. The molecule has 0 heterocycles. The lowest BCUT2D eigenvalue weighted by atomic mass is 10.0. The van der Waals surface area contributed by atoms with E-state index in [1.54, 1.807) is 69.3 Å². The number of hydrogen-bond donors (Lipinski definition) is 2. The number of para-hydroxylation sites is 1. The van der Waals surface area contributed by atoms with Gasteiger partial charge in [0, 0.05) is 36.1 Å². The molecule has 0 bridgehead atoms. The van der Waals surface area contributed by atoms with E-state index >= 15 is 0 Å². The fourth-order valence-corrected chi connectivity index (χ4v) is 4.93. The first-order valence-corrected chi connectivity index (χ1v) is 15.9. The molecule has 272 valence electrons. The van der Waals surface area contributed by atoms with Gasteiger partial charge in [0.25, 0.3) is 5.91 Å². The predicted molar refractivity (Wildman–Crippen MR) is 190 cm³/mol. The molecule has 0 aliphatic carbocycles. The summed E-state index contributed by atoms with van der Waals surface area (Å²) in [5.41, 5.74) is 0.900. The monoisotopic (exact) mass is 716 g/mol. The Morgan fingerprint density at radius 3 is 2.19 bits per heavy atom. The first-order valence-electron chi connectivity index (χ1n) is 15.9. The summed E-state index contributed by atoms with van der Waals surface area (Å²) >= 11 is 0. The second-order valence-corrected chi connectivity index (χ2v) is 12.4. The van der Waals surface area contributed by atoms with Crippen LogP contribution in [-0.4, -0.2) is 69.2 Å². The van der Waals surface area contributed by atoms with Crippen molar-refractivity contribution in [1.29, 1.82) is 0 Å². The van der Waals surface area contributed by atoms with Crippen LogP contribution < -0.4 is 25.2 Å². The van der Waals surface area contributed by atoms with Gasteiger partial charge in [-0.15, -0.1) is 0 Å². The summed E-state index contributed by atoms with van der Waals surface area (Å²) in [4.78, 5) is 66.4. The molecule has 4 rings (SSSR count). The van der Waals surface area contributed by atoms with Gasteiger partial charge in [0.05, 0.1) is 24.9 Å². The quantitative estimate of drug-likeness (QED) is 0.171. The minimum Gasteiger partial charge on any atom is -0.484 e. The number of hydrogen-bond acceptors (Lipinski definition) is 8. The zero-order valence-corrected chi connectivity index (χ0v) is 29.2. The van der Waals surface area contributed by atoms with E-state index in [1.807, 2.05) is 0 Å². The summed E-state index contributed by atoms with van der Waals surface area (Å²) in [5, 5.41) is 4.97. The molecular formula is C38H38F2N4O8. The van der Waals surface area contributed by atoms with Gasteiger partial charge in [-0.3, -0.25) is 19.3 Å². The fourth-order valence-electron chi connectivity index (χ4n) is 4.93. The van der Waals surface area contributed by atoms with Gasteiger partial charge in [0.1, 0.15) is 29.5 Å². The Bertz CT molecular complexity index is 1940. The van der Waals surface area contributed by atoms with Gasteiger partial charge in [-0.25, -0.2) is 18.4 Å². The standard InChI is InChI=1S/C38H38F2N4O8/c1-38(2,3)52-35(47)22-44(33(45)21-41-37(49)42-28-11-8-10-24(18-28)36(48)50-5)29-12-9-13-30(20-29)51-23-34(46)43(4)32-15-7-6-14-31(32)25-16-26(39)19-27(40)17-25/h6-20H,21-23H2,1-5H3,(H2,41,42,49). The van der Waals surface area contributed by atoms with E-state index in [-0.39, 0.29) is 28.3 Å². The van der Waals surface area contributed by atoms with Crippen LogP contribution in [0.15, 0.2) is 91.0 Å². The van der Waals surface area contributed by atoms with Crippen molar-refractivity contribution < 1.29 is 47.0 Å². The number of rotatable bonds is 12. The van der Waals surface area contributed by atoms with E-state index in [0.717, 1.165) is 11.0 Å². The van der Waals surface area contributed by atoms with Crippen molar-refractivity contribution in [2.45, 2.75) is 26.4 Å². The fraction of sp³-hybridized carbons (Fsp3) is 0.237. The van der Waals surface area contributed by atoms with Gasteiger partial charge < -0.3 is 29.7 Å². The molecule has 12 nitrogen and oxygen atoms in total. The van der Waals surface area contributed by atoms with Crippen LogP contribution >= 0.6 is 0 Å². The Labute approximate surface area is 299 Å². The highest BCUT2D eigenvalue weighted by molar-refractivity contribution is 6.02. The SMILES string of the molecule is COC(=O)c1cccc(NC(=O)NCC(=O)N(CC(=O)OC(C)(C)C)c2cccc(OCC(=O)N(C)c3ccccc3-c3cc(F)cc(F)c3)c2)c1. The molecule has 4 aromatic rings. The van der Waals surface area contributed by atoms with Gasteiger partial charge in [0.15, 0.2) is 6.61 Å². The lowest BCUT2D eigenvalue weighted by Gasteiger charge is -2.26. The van der Waals surface area contributed by atoms with Crippen molar-refractivity contribution in [3.8, 4) is 16.9 Å². The number of halogens is 2. The summed E-state index contributed by atoms with van der Waals surface area (Å²) in [7, 11) is 2.73. The van der Waals surface area contributed by atoms with E-state index in [1.165, 1.54) is 55.5 Å². The molecule has 4 amide bonds. The van der Waals surface area contributed by atoms with Gasteiger partial charge in [-0.2, -0.15) is 0 Å². The molecule has 0 radical (unpaired) electrons. The maximum atomic E-state index is 14.0. The molecular weight excluding hydrogens is 678 g/mol. The Morgan fingerprint density at radius 2 is 1.50 bits per heavy atom.